The van der Waals surface area contributed by atoms with Gasteiger partial charge in [0.05, 0.1) is 18.7 Å². The van der Waals surface area contributed by atoms with Crippen LogP contribution in [-0.4, -0.2) is 49.1 Å². The third-order valence-electron chi connectivity index (χ3n) is 5.00. The van der Waals surface area contributed by atoms with Crippen LogP contribution in [0.3, 0.4) is 0 Å². The van der Waals surface area contributed by atoms with Gasteiger partial charge in [-0.15, -0.1) is 12.4 Å². The minimum Gasteiger partial charge on any atom is -0.465 e. The van der Waals surface area contributed by atoms with E-state index < -0.39 is 6.04 Å². The summed E-state index contributed by atoms with van der Waals surface area (Å²) in [6, 6.07) is 7.15. The number of carbonyl (C=O) groups excluding carboxylic acids is 2. The Morgan fingerprint density at radius 2 is 2.00 bits per heavy atom. The largest absolute Gasteiger partial charge is 0.465 e. The zero-order valence-electron chi connectivity index (χ0n) is 15.7. The Hall–Kier alpha value is -1.79. The molecule has 1 saturated heterocycles. The highest BCUT2D eigenvalue weighted by molar-refractivity contribution is 5.90. The second-order valence-electron chi connectivity index (χ2n) is 6.73. The van der Waals surface area contributed by atoms with Crippen LogP contribution in [0.1, 0.15) is 43.5 Å². The Balaban J connectivity index is 0.00000338. The number of carbonyl (C=O) groups is 2. The smallest absolute Gasteiger partial charge is 0.337 e. The van der Waals surface area contributed by atoms with E-state index in [1.165, 1.54) is 7.11 Å². The third kappa shape index (κ3) is 5.61. The molecule has 2 rings (SSSR count). The monoisotopic (exact) mass is 383 g/mol. The van der Waals surface area contributed by atoms with E-state index in [9.17, 15) is 9.59 Å². The fourth-order valence-electron chi connectivity index (χ4n) is 3.04. The van der Waals surface area contributed by atoms with Crippen molar-refractivity contribution >= 4 is 30.0 Å². The molecule has 1 heterocycles. The SMILES string of the molecule is CCC(C)C(N)C(=O)N1CCC(Nc2cccc(C(=O)OC)c2)CC1.Cl. The fourth-order valence-corrected chi connectivity index (χ4v) is 3.04. The molecule has 0 saturated carbocycles. The van der Waals surface area contributed by atoms with Gasteiger partial charge in [0.2, 0.25) is 5.91 Å². The quantitative estimate of drug-likeness (QED) is 0.738. The summed E-state index contributed by atoms with van der Waals surface area (Å²) in [6.45, 7) is 5.48. The highest BCUT2D eigenvalue weighted by Gasteiger charge is 2.28. The van der Waals surface area contributed by atoms with E-state index in [0.717, 1.165) is 24.9 Å². The number of likely N-dealkylation sites (tertiary alicyclic amines) is 1. The van der Waals surface area contributed by atoms with Crippen LogP contribution in [0.15, 0.2) is 24.3 Å². The standard InChI is InChI=1S/C19H29N3O3.ClH/c1-4-13(2)17(20)18(23)22-10-8-15(9-11-22)21-16-7-5-6-14(12-16)19(24)25-3;/h5-7,12-13,15,17,21H,4,8-11,20H2,1-3H3;1H. The van der Waals surface area contributed by atoms with Gasteiger partial charge >= 0.3 is 5.97 Å². The summed E-state index contributed by atoms with van der Waals surface area (Å²) in [7, 11) is 1.37. The van der Waals surface area contributed by atoms with Crippen molar-refractivity contribution in [3.05, 3.63) is 29.8 Å². The van der Waals surface area contributed by atoms with E-state index in [1.54, 1.807) is 12.1 Å². The normalized spacial score (nSPS) is 17.0. The summed E-state index contributed by atoms with van der Waals surface area (Å²) >= 11 is 0. The molecule has 1 aromatic carbocycles. The maximum absolute atomic E-state index is 12.4. The van der Waals surface area contributed by atoms with Crippen LogP contribution in [0.2, 0.25) is 0 Å². The Morgan fingerprint density at radius 1 is 1.35 bits per heavy atom. The van der Waals surface area contributed by atoms with E-state index in [4.69, 9.17) is 10.5 Å². The number of nitrogens with two attached hydrogens (primary N) is 1. The van der Waals surface area contributed by atoms with E-state index in [0.29, 0.717) is 18.7 Å². The average Bonchev–Trinajstić information content (AvgIpc) is 2.66. The average molecular weight is 384 g/mol. The molecule has 2 atom stereocenters. The maximum atomic E-state index is 12.4. The number of halogens is 1. The molecular formula is C19H30ClN3O3. The number of amides is 1. The molecule has 146 valence electrons. The summed E-state index contributed by atoms with van der Waals surface area (Å²) in [5, 5.41) is 3.45. The number of methoxy groups -OCH3 is 1. The van der Waals surface area contributed by atoms with Crippen LogP contribution in [0.4, 0.5) is 5.69 Å². The van der Waals surface area contributed by atoms with Crippen LogP contribution in [0, 0.1) is 5.92 Å². The van der Waals surface area contributed by atoms with Gasteiger partial charge in [-0.05, 0) is 37.0 Å². The van der Waals surface area contributed by atoms with Crippen LogP contribution in [0.5, 0.6) is 0 Å². The number of hydrogen-bond acceptors (Lipinski definition) is 5. The number of hydrogen-bond donors (Lipinski definition) is 2. The lowest BCUT2D eigenvalue weighted by molar-refractivity contribution is -0.134. The topological polar surface area (TPSA) is 84.7 Å². The molecule has 1 amide bonds. The Bertz CT molecular complexity index is 603. The lowest BCUT2D eigenvalue weighted by Crippen LogP contribution is -2.51. The van der Waals surface area contributed by atoms with Gasteiger partial charge < -0.3 is 20.7 Å². The van der Waals surface area contributed by atoms with Crippen molar-refractivity contribution in [2.24, 2.45) is 11.7 Å². The van der Waals surface area contributed by atoms with Crippen molar-refractivity contribution in [2.75, 3.05) is 25.5 Å². The van der Waals surface area contributed by atoms with Crippen LogP contribution in [0.25, 0.3) is 0 Å². The van der Waals surface area contributed by atoms with Gasteiger partial charge in [0.25, 0.3) is 0 Å². The summed E-state index contributed by atoms with van der Waals surface area (Å²) in [5.74, 6) is -0.0898. The molecule has 0 aromatic heterocycles. The molecule has 1 aliphatic rings. The molecule has 6 nitrogen and oxygen atoms in total. The van der Waals surface area contributed by atoms with Crippen molar-refractivity contribution in [1.29, 1.82) is 0 Å². The third-order valence-corrected chi connectivity index (χ3v) is 5.00. The molecule has 0 aliphatic carbocycles. The predicted molar refractivity (Wildman–Crippen MR) is 106 cm³/mol. The number of nitrogens with one attached hydrogen (secondary N) is 1. The molecule has 0 radical (unpaired) electrons. The van der Waals surface area contributed by atoms with Crippen LogP contribution >= 0.6 is 12.4 Å². The molecule has 1 aliphatic heterocycles. The number of anilines is 1. The first-order chi connectivity index (χ1) is 12.0. The van der Waals surface area contributed by atoms with Crippen molar-refractivity contribution in [1.82, 2.24) is 4.90 Å². The highest BCUT2D eigenvalue weighted by Crippen LogP contribution is 2.19. The molecule has 0 bridgehead atoms. The zero-order valence-corrected chi connectivity index (χ0v) is 16.6. The van der Waals surface area contributed by atoms with Gasteiger partial charge in [-0.2, -0.15) is 0 Å². The summed E-state index contributed by atoms with van der Waals surface area (Å²) in [4.78, 5) is 25.9. The molecule has 7 heteroatoms. The predicted octanol–water partition coefficient (Wildman–Crippen LogP) is 2.67. The number of piperidine rings is 1. The van der Waals surface area contributed by atoms with Gasteiger partial charge in [-0.25, -0.2) is 4.79 Å². The van der Waals surface area contributed by atoms with E-state index >= 15 is 0 Å². The summed E-state index contributed by atoms with van der Waals surface area (Å²) < 4.78 is 4.75. The number of esters is 1. The van der Waals surface area contributed by atoms with Crippen LogP contribution < -0.4 is 11.1 Å². The Morgan fingerprint density at radius 3 is 2.58 bits per heavy atom. The van der Waals surface area contributed by atoms with Crippen molar-refractivity contribution in [2.45, 2.75) is 45.2 Å². The number of rotatable bonds is 6. The van der Waals surface area contributed by atoms with E-state index in [2.05, 4.69) is 12.2 Å². The molecule has 1 aromatic rings. The zero-order chi connectivity index (χ0) is 18.4. The van der Waals surface area contributed by atoms with Crippen LogP contribution in [-0.2, 0) is 9.53 Å². The Labute approximate surface area is 161 Å². The first kappa shape index (κ1) is 22.3. The van der Waals surface area contributed by atoms with Gasteiger partial charge in [-0.3, -0.25) is 4.79 Å². The minimum atomic E-state index is -0.411. The number of benzene rings is 1. The Kier molecular flexibility index (Phi) is 8.88. The number of ether oxygens (including phenoxy) is 1. The van der Waals surface area contributed by atoms with Gasteiger partial charge in [0.15, 0.2) is 0 Å². The van der Waals surface area contributed by atoms with Gasteiger partial charge in [-0.1, -0.05) is 26.3 Å². The second-order valence-corrected chi connectivity index (χ2v) is 6.73. The van der Waals surface area contributed by atoms with Gasteiger partial charge in [0.1, 0.15) is 0 Å². The summed E-state index contributed by atoms with van der Waals surface area (Å²) in [5.41, 5.74) is 7.49. The van der Waals surface area contributed by atoms with Crippen molar-refractivity contribution in [3.8, 4) is 0 Å². The van der Waals surface area contributed by atoms with Gasteiger partial charge in [0, 0.05) is 24.8 Å². The first-order valence-electron chi connectivity index (χ1n) is 8.95. The second kappa shape index (κ2) is 10.4. The molecule has 3 N–H and O–H groups in total. The molecular weight excluding hydrogens is 354 g/mol. The van der Waals surface area contributed by atoms with Crippen molar-refractivity contribution < 1.29 is 14.3 Å². The molecule has 1 fully saturated rings. The first-order valence-corrected chi connectivity index (χ1v) is 8.95. The fraction of sp³-hybridized carbons (Fsp3) is 0.579. The number of nitrogens with zero attached hydrogens (tertiary/aromatic N) is 1. The van der Waals surface area contributed by atoms with E-state index in [-0.39, 0.29) is 36.2 Å². The molecule has 0 spiro atoms. The minimum absolute atomic E-state index is 0. The highest BCUT2D eigenvalue weighted by atomic mass is 35.5. The molecule has 2 unspecified atom stereocenters. The lowest BCUT2D eigenvalue weighted by Gasteiger charge is -2.35. The van der Waals surface area contributed by atoms with Crippen molar-refractivity contribution in [3.63, 3.8) is 0 Å². The molecule has 26 heavy (non-hydrogen) atoms. The van der Waals surface area contributed by atoms with E-state index in [1.807, 2.05) is 24.0 Å². The lowest BCUT2D eigenvalue weighted by atomic mass is 9.97. The summed E-state index contributed by atoms with van der Waals surface area (Å²) in [6.07, 6.45) is 2.63. The maximum Gasteiger partial charge on any atom is 0.337 e.